The maximum Gasteiger partial charge on any atom is -0.0323 e. The second-order valence-electron chi connectivity index (χ2n) is 4.37. The van der Waals surface area contributed by atoms with Crippen LogP contribution in [0.5, 0.6) is 0 Å². The lowest BCUT2D eigenvalue weighted by atomic mass is 10.0. The molecule has 84 valence electrons. The van der Waals surface area contributed by atoms with Gasteiger partial charge in [-0.05, 0) is 25.7 Å². The molecule has 0 aromatic heterocycles. The van der Waals surface area contributed by atoms with Crippen molar-refractivity contribution in [3.05, 3.63) is 12.2 Å². The van der Waals surface area contributed by atoms with E-state index in [2.05, 4.69) is 20.4 Å². The maximum absolute atomic E-state index is 4.13. The first-order chi connectivity index (χ1) is 6.81. The van der Waals surface area contributed by atoms with Crippen molar-refractivity contribution >= 4 is 0 Å². The summed E-state index contributed by atoms with van der Waals surface area (Å²) in [5, 5.41) is 0. The Labute approximate surface area is 90.8 Å². The van der Waals surface area contributed by atoms with Crippen LogP contribution < -0.4 is 0 Å². The zero-order chi connectivity index (χ0) is 10.6. The van der Waals surface area contributed by atoms with Gasteiger partial charge in [-0.3, -0.25) is 0 Å². The molecule has 0 N–H and O–H groups in total. The Hall–Kier alpha value is -0.260. The summed E-state index contributed by atoms with van der Waals surface area (Å²) in [5.74, 6) is 0. The van der Waals surface area contributed by atoms with Crippen molar-refractivity contribution in [3.8, 4) is 0 Å². The third-order valence-electron chi connectivity index (χ3n) is 2.77. The molecule has 0 saturated heterocycles. The fourth-order valence-corrected chi connectivity index (χ4v) is 1.71. The number of hydrogen-bond donors (Lipinski definition) is 0. The maximum atomic E-state index is 4.13. The zero-order valence-corrected chi connectivity index (χ0v) is 10.3. The lowest BCUT2D eigenvalue weighted by Gasteiger charge is -2.04. The molecule has 0 nitrogen and oxygen atoms in total. The largest absolute Gasteiger partial charge is 0.0999 e. The highest BCUT2D eigenvalue weighted by molar-refractivity contribution is 4.93. The van der Waals surface area contributed by atoms with Crippen molar-refractivity contribution in [2.45, 2.75) is 78.1 Å². The van der Waals surface area contributed by atoms with Gasteiger partial charge in [0.25, 0.3) is 0 Å². The van der Waals surface area contributed by atoms with E-state index in [9.17, 15) is 0 Å². The zero-order valence-electron chi connectivity index (χ0n) is 10.3. The van der Waals surface area contributed by atoms with Gasteiger partial charge < -0.3 is 0 Å². The van der Waals surface area contributed by atoms with E-state index in [0.717, 1.165) is 0 Å². The van der Waals surface area contributed by atoms with Crippen LogP contribution in [0.1, 0.15) is 78.1 Å². The van der Waals surface area contributed by atoms with E-state index in [1.807, 2.05) is 0 Å². The second-order valence-corrected chi connectivity index (χ2v) is 4.37. The summed E-state index contributed by atoms with van der Waals surface area (Å²) < 4.78 is 0. The molecule has 0 bridgehead atoms. The second kappa shape index (κ2) is 10.8. The first kappa shape index (κ1) is 13.7. The normalized spacial score (nSPS) is 10.4. The smallest absolute Gasteiger partial charge is 0.0323 e. The van der Waals surface area contributed by atoms with Crippen LogP contribution >= 0.6 is 0 Å². The van der Waals surface area contributed by atoms with Gasteiger partial charge in [0.2, 0.25) is 0 Å². The molecule has 0 unspecified atom stereocenters. The molecule has 0 aliphatic rings. The van der Waals surface area contributed by atoms with Crippen LogP contribution in [0.4, 0.5) is 0 Å². The minimum atomic E-state index is 1.26. The highest BCUT2D eigenvalue weighted by Gasteiger charge is 1.94. The lowest BCUT2D eigenvalue weighted by Crippen LogP contribution is -1.84. The van der Waals surface area contributed by atoms with E-state index in [0.29, 0.717) is 0 Å². The van der Waals surface area contributed by atoms with Gasteiger partial charge in [-0.25, -0.2) is 0 Å². The van der Waals surface area contributed by atoms with Gasteiger partial charge in [0.1, 0.15) is 0 Å². The predicted molar refractivity (Wildman–Crippen MR) is 66.7 cm³/mol. The molecule has 0 fully saturated rings. The molecule has 0 atom stereocenters. The summed E-state index contributed by atoms with van der Waals surface area (Å²) in [5.41, 5.74) is 1.47. The molecule has 0 aromatic rings. The fourth-order valence-electron chi connectivity index (χ4n) is 1.71. The van der Waals surface area contributed by atoms with E-state index in [4.69, 9.17) is 0 Å². The summed E-state index contributed by atoms with van der Waals surface area (Å²) in [4.78, 5) is 0. The van der Waals surface area contributed by atoms with E-state index >= 15 is 0 Å². The molecule has 0 radical (unpaired) electrons. The van der Waals surface area contributed by atoms with Gasteiger partial charge in [-0.2, -0.15) is 0 Å². The van der Waals surface area contributed by atoms with Gasteiger partial charge in [-0.1, -0.05) is 64.5 Å². The van der Waals surface area contributed by atoms with E-state index < -0.39 is 0 Å². The first-order valence-electron chi connectivity index (χ1n) is 6.47. The number of rotatable bonds is 10. The molecule has 0 amide bonds. The fraction of sp³-hybridized carbons (Fsp3) is 0.857. The molecule has 0 rings (SSSR count). The molecule has 0 heterocycles. The average molecular weight is 196 g/mol. The van der Waals surface area contributed by atoms with Crippen LogP contribution in [0.3, 0.4) is 0 Å². The minimum absolute atomic E-state index is 1.26. The molecule has 0 saturated carbocycles. The van der Waals surface area contributed by atoms with Crippen molar-refractivity contribution in [1.82, 2.24) is 0 Å². The Kier molecular flexibility index (Phi) is 10.6. The van der Waals surface area contributed by atoms with Gasteiger partial charge in [0, 0.05) is 0 Å². The average Bonchev–Trinajstić information content (AvgIpc) is 2.20. The van der Waals surface area contributed by atoms with Crippen molar-refractivity contribution in [1.29, 1.82) is 0 Å². The van der Waals surface area contributed by atoms with E-state index in [1.165, 1.54) is 69.8 Å². The third-order valence-corrected chi connectivity index (χ3v) is 2.77. The SMILES string of the molecule is C=C(CCCC)CCCCCCCC. The van der Waals surface area contributed by atoms with Gasteiger partial charge in [0.15, 0.2) is 0 Å². The van der Waals surface area contributed by atoms with E-state index in [-0.39, 0.29) is 0 Å². The number of hydrogen-bond acceptors (Lipinski definition) is 0. The molecular weight excluding hydrogens is 168 g/mol. The Morgan fingerprint density at radius 3 is 1.86 bits per heavy atom. The Bertz CT molecular complexity index is 124. The molecule has 0 aliphatic heterocycles. The molecule has 14 heavy (non-hydrogen) atoms. The first-order valence-corrected chi connectivity index (χ1v) is 6.47. The van der Waals surface area contributed by atoms with Crippen molar-refractivity contribution < 1.29 is 0 Å². The topological polar surface area (TPSA) is 0 Å². The van der Waals surface area contributed by atoms with Gasteiger partial charge in [0.05, 0.1) is 0 Å². The van der Waals surface area contributed by atoms with E-state index in [1.54, 1.807) is 0 Å². The quantitative estimate of drug-likeness (QED) is 0.320. The summed E-state index contributed by atoms with van der Waals surface area (Å²) in [6.07, 6.45) is 13.5. The summed E-state index contributed by atoms with van der Waals surface area (Å²) in [6.45, 7) is 8.64. The number of unbranched alkanes of at least 4 members (excludes halogenated alkanes) is 6. The Morgan fingerprint density at radius 2 is 1.21 bits per heavy atom. The Balaban J connectivity index is 3.07. The standard InChI is InChI=1S/C14H28/c1-4-6-8-9-10-11-13-14(3)12-7-5-2/h3-13H2,1-2H3. The van der Waals surface area contributed by atoms with Crippen molar-refractivity contribution in [3.63, 3.8) is 0 Å². The van der Waals surface area contributed by atoms with Crippen LogP contribution in [-0.2, 0) is 0 Å². The lowest BCUT2D eigenvalue weighted by molar-refractivity contribution is 0.600. The van der Waals surface area contributed by atoms with Crippen LogP contribution in [0.25, 0.3) is 0 Å². The molecule has 0 spiro atoms. The summed E-state index contributed by atoms with van der Waals surface area (Å²) in [7, 11) is 0. The van der Waals surface area contributed by atoms with Crippen LogP contribution in [-0.4, -0.2) is 0 Å². The van der Waals surface area contributed by atoms with Crippen LogP contribution in [0.15, 0.2) is 12.2 Å². The Morgan fingerprint density at radius 1 is 0.714 bits per heavy atom. The molecule has 0 aliphatic carbocycles. The molecular formula is C14H28. The predicted octanol–water partition coefficient (Wildman–Crippen LogP) is 5.48. The van der Waals surface area contributed by atoms with Gasteiger partial charge in [-0.15, -0.1) is 0 Å². The van der Waals surface area contributed by atoms with Crippen LogP contribution in [0, 0.1) is 0 Å². The third kappa shape index (κ3) is 9.83. The summed E-state index contributed by atoms with van der Waals surface area (Å²) >= 11 is 0. The minimum Gasteiger partial charge on any atom is -0.0999 e. The molecule has 0 aromatic carbocycles. The van der Waals surface area contributed by atoms with Crippen LogP contribution in [0.2, 0.25) is 0 Å². The highest BCUT2D eigenvalue weighted by atomic mass is 14.0. The highest BCUT2D eigenvalue weighted by Crippen LogP contribution is 2.14. The summed E-state index contributed by atoms with van der Waals surface area (Å²) in [6, 6.07) is 0. The molecule has 0 heteroatoms. The number of allylic oxidation sites excluding steroid dienone is 1. The van der Waals surface area contributed by atoms with Crippen molar-refractivity contribution in [2.75, 3.05) is 0 Å². The van der Waals surface area contributed by atoms with Crippen molar-refractivity contribution in [2.24, 2.45) is 0 Å². The monoisotopic (exact) mass is 196 g/mol. The van der Waals surface area contributed by atoms with Gasteiger partial charge >= 0.3 is 0 Å².